The Morgan fingerprint density at radius 1 is 1.43 bits per heavy atom. The number of hydrogen-bond acceptors (Lipinski definition) is 5. The maximum absolute atomic E-state index is 12.7. The first-order valence-electron chi connectivity index (χ1n) is 6.49. The van der Waals surface area contributed by atoms with E-state index in [-0.39, 0.29) is 22.1 Å². The first-order valence-corrected chi connectivity index (χ1v) is 8.41. The topological polar surface area (TPSA) is 77.5 Å². The van der Waals surface area contributed by atoms with E-state index in [4.69, 9.17) is 16.3 Å². The summed E-state index contributed by atoms with van der Waals surface area (Å²) in [6.07, 6.45) is 0.821. The molecule has 2 rings (SSSR count). The van der Waals surface area contributed by atoms with E-state index in [0.717, 1.165) is 6.92 Å². The second kappa shape index (κ2) is 6.15. The molecule has 0 radical (unpaired) electrons. The minimum absolute atomic E-state index is 0.0133. The van der Waals surface area contributed by atoms with Crippen LogP contribution in [0.15, 0.2) is 29.2 Å². The molecule has 114 valence electrons. The minimum Gasteiger partial charge on any atom is -0.445 e. The lowest BCUT2D eigenvalue weighted by Crippen LogP contribution is -2.33. The Hall–Kier alpha value is -1.40. The molecular formula is C14H15ClO5S. The summed E-state index contributed by atoms with van der Waals surface area (Å²) < 4.78 is 30.4. The zero-order chi connectivity index (χ0) is 15.6. The minimum atomic E-state index is -3.91. The lowest BCUT2D eigenvalue weighted by molar-refractivity contribution is -0.144. The SMILES string of the molecule is CC(=O)OC(C1CCC(=O)C1)S(=O)(=O)c1cccc(Cl)c1. The van der Waals surface area contributed by atoms with Crippen LogP contribution in [0.5, 0.6) is 0 Å². The lowest BCUT2D eigenvalue weighted by atomic mass is 10.1. The summed E-state index contributed by atoms with van der Waals surface area (Å²) >= 11 is 5.82. The molecule has 1 saturated carbocycles. The van der Waals surface area contributed by atoms with Gasteiger partial charge < -0.3 is 4.74 Å². The number of ketones is 1. The molecule has 0 amide bonds. The Morgan fingerprint density at radius 3 is 2.67 bits per heavy atom. The van der Waals surface area contributed by atoms with Gasteiger partial charge in [0.1, 0.15) is 5.78 Å². The van der Waals surface area contributed by atoms with Crippen LogP contribution in [-0.4, -0.2) is 25.6 Å². The summed E-state index contributed by atoms with van der Waals surface area (Å²) in [4.78, 5) is 22.6. The maximum Gasteiger partial charge on any atom is 0.303 e. The van der Waals surface area contributed by atoms with Gasteiger partial charge in [-0.15, -0.1) is 0 Å². The van der Waals surface area contributed by atoms with Crippen LogP contribution >= 0.6 is 11.6 Å². The molecule has 0 bridgehead atoms. The Bertz CT molecular complexity index is 668. The molecule has 2 unspecified atom stereocenters. The number of carbonyl (C=O) groups excluding carboxylic acids is 2. The van der Waals surface area contributed by atoms with Gasteiger partial charge in [0, 0.05) is 30.7 Å². The second-order valence-electron chi connectivity index (χ2n) is 5.02. The number of rotatable bonds is 4. The first kappa shape index (κ1) is 16.0. The molecule has 7 heteroatoms. The molecule has 0 heterocycles. The molecular weight excluding hydrogens is 316 g/mol. The summed E-state index contributed by atoms with van der Waals surface area (Å²) in [6, 6.07) is 5.78. The van der Waals surface area contributed by atoms with Crippen LogP contribution in [0.4, 0.5) is 0 Å². The van der Waals surface area contributed by atoms with Crippen molar-refractivity contribution in [3.05, 3.63) is 29.3 Å². The van der Waals surface area contributed by atoms with Gasteiger partial charge in [0.2, 0.25) is 15.3 Å². The molecule has 1 aromatic carbocycles. The van der Waals surface area contributed by atoms with E-state index in [9.17, 15) is 18.0 Å². The molecule has 1 aromatic rings. The van der Waals surface area contributed by atoms with E-state index in [1.54, 1.807) is 6.07 Å². The fraction of sp³-hybridized carbons (Fsp3) is 0.429. The van der Waals surface area contributed by atoms with Gasteiger partial charge in [0.15, 0.2) is 0 Å². The Morgan fingerprint density at radius 2 is 2.14 bits per heavy atom. The van der Waals surface area contributed by atoms with Crippen molar-refractivity contribution in [1.29, 1.82) is 0 Å². The van der Waals surface area contributed by atoms with Gasteiger partial charge in [-0.25, -0.2) is 8.42 Å². The fourth-order valence-corrected chi connectivity index (χ4v) is 4.51. The molecule has 0 aromatic heterocycles. The Balaban J connectivity index is 2.39. The van der Waals surface area contributed by atoms with Crippen molar-refractivity contribution in [2.24, 2.45) is 5.92 Å². The van der Waals surface area contributed by atoms with Gasteiger partial charge in [-0.3, -0.25) is 9.59 Å². The largest absolute Gasteiger partial charge is 0.445 e. The van der Waals surface area contributed by atoms with Crippen LogP contribution in [0.2, 0.25) is 5.02 Å². The Kier molecular flexibility index (Phi) is 4.68. The molecule has 0 saturated heterocycles. The monoisotopic (exact) mass is 330 g/mol. The van der Waals surface area contributed by atoms with Crippen molar-refractivity contribution < 1.29 is 22.7 Å². The molecule has 0 N–H and O–H groups in total. The highest BCUT2D eigenvalue weighted by Crippen LogP contribution is 2.33. The number of benzene rings is 1. The van der Waals surface area contributed by atoms with Gasteiger partial charge in [-0.05, 0) is 24.6 Å². The number of Topliss-reactive ketones (excluding diaryl/α,β-unsaturated/α-hetero) is 1. The number of halogens is 1. The van der Waals surface area contributed by atoms with E-state index < -0.39 is 27.2 Å². The van der Waals surface area contributed by atoms with Crippen LogP contribution in [0.1, 0.15) is 26.2 Å². The third kappa shape index (κ3) is 3.63. The predicted molar refractivity (Wildman–Crippen MR) is 76.5 cm³/mol. The number of ether oxygens (including phenoxy) is 1. The highest BCUT2D eigenvalue weighted by Gasteiger charge is 2.41. The van der Waals surface area contributed by atoms with Crippen LogP contribution in [0, 0.1) is 5.92 Å². The van der Waals surface area contributed by atoms with Crippen molar-refractivity contribution >= 4 is 33.2 Å². The molecule has 0 aliphatic heterocycles. The normalized spacial score (nSPS) is 20.3. The second-order valence-corrected chi connectivity index (χ2v) is 7.48. The molecule has 2 atom stereocenters. The average Bonchev–Trinajstić information content (AvgIpc) is 2.82. The van der Waals surface area contributed by atoms with Gasteiger partial charge >= 0.3 is 5.97 Å². The van der Waals surface area contributed by atoms with Crippen LogP contribution in [0.3, 0.4) is 0 Å². The molecule has 0 spiro atoms. The molecule has 1 aliphatic carbocycles. The summed E-state index contributed by atoms with van der Waals surface area (Å²) in [6.45, 7) is 1.15. The van der Waals surface area contributed by atoms with Gasteiger partial charge in [0.25, 0.3) is 0 Å². The van der Waals surface area contributed by atoms with Gasteiger partial charge in [0.05, 0.1) is 4.90 Å². The standard InChI is InChI=1S/C14H15ClO5S/c1-9(16)20-14(10-5-6-12(17)7-10)21(18,19)13-4-2-3-11(15)8-13/h2-4,8,10,14H,5-7H2,1H3. The lowest BCUT2D eigenvalue weighted by Gasteiger charge is -2.22. The van der Waals surface area contributed by atoms with E-state index >= 15 is 0 Å². The third-order valence-electron chi connectivity index (χ3n) is 3.38. The average molecular weight is 331 g/mol. The fourth-order valence-electron chi connectivity index (χ4n) is 2.43. The highest BCUT2D eigenvalue weighted by atomic mass is 35.5. The predicted octanol–water partition coefficient (Wildman–Crippen LogP) is 2.37. The summed E-state index contributed by atoms with van der Waals surface area (Å²) in [5.74, 6) is -1.21. The zero-order valence-corrected chi connectivity index (χ0v) is 13.0. The zero-order valence-electron chi connectivity index (χ0n) is 11.4. The maximum atomic E-state index is 12.7. The quantitative estimate of drug-likeness (QED) is 0.792. The van der Waals surface area contributed by atoms with E-state index in [1.807, 2.05) is 0 Å². The molecule has 1 fully saturated rings. The summed E-state index contributed by atoms with van der Waals surface area (Å²) in [5, 5.41) is 0.278. The van der Waals surface area contributed by atoms with Crippen molar-refractivity contribution in [1.82, 2.24) is 0 Å². The van der Waals surface area contributed by atoms with Crippen molar-refractivity contribution in [2.75, 3.05) is 0 Å². The first-order chi connectivity index (χ1) is 9.80. The summed E-state index contributed by atoms with van der Waals surface area (Å²) in [5.41, 5.74) is -1.35. The Labute approximate surface area is 128 Å². The van der Waals surface area contributed by atoms with Crippen LogP contribution in [0.25, 0.3) is 0 Å². The smallest absolute Gasteiger partial charge is 0.303 e. The van der Waals surface area contributed by atoms with E-state index in [1.165, 1.54) is 18.2 Å². The number of esters is 1. The summed E-state index contributed by atoms with van der Waals surface area (Å²) in [7, 11) is -3.91. The molecule has 5 nitrogen and oxygen atoms in total. The number of hydrogen-bond donors (Lipinski definition) is 0. The van der Waals surface area contributed by atoms with Crippen LogP contribution in [-0.2, 0) is 24.2 Å². The van der Waals surface area contributed by atoms with Crippen molar-refractivity contribution in [3.8, 4) is 0 Å². The van der Waals surface area contributed by atoms with Crippen molar-refractivity contribution in [3.63, 3.8) is 0 Å². The molecule has 1 aliphatic rings. The van der Waals surface area contributed by atoms with Gasteiger partial charge in [-0.2, -0.15) is 0 Å². The van der Waals surface area contributed by atoms with Gasteiger partial charge in [-0.1, -0.05) is 17.7 Å². The molecule has 21 heavy (non-hydrogen) atoms. The van der Waals surface area contributed by atoms with Crippen LogP contribution < -0.4 is 0 Å². The van der Waals surface area contributed by atoms with Crippen molar-refractivity contribution in [2.45, 2.75) is 36.5 Å². The van der Waals surface area contributed by atoms with E-state index in [0.29, 0.717) is 12.8 Å². The third-order valence-corrected chi connectivity index (χ3v) is 5.62. The highest BCUT2D eigenvalue weighted by molar-refractivity contribution is 7.92. The number of sulfone groups is 1. The van der Waals surface area contributed by atoms with E-state index in [2.05, 4.69) is 0 Å². The number of carbonyl (C=O) groups is 2.